The summed E-state index contributed by atoms with van der Waals surface area (Å²) in [7, 11) is -5.52. The molecule has 1 N–H and O–H groups in total. The van der Waals surface area contributed by atoms with Gasteiger partial charge in [0.25, 0.3) is 0 Å². The van der Waals surface area contributed by atoms with Gasteiger partial charge in [0.15, 0.2) is 5.75 Å². The number of hydrogen-bond acceptors (Lipinski definition) is 4. The predicted octanol–water partition coefficient (Wildman–Crippen LogP) is 5.91. The van der Waals surface area contributed by atoms with E-state index in [2.05, 4.69) is 5.16 Å². The van der Waals surface area contributed by atoms with Crippen LogP contribution in [0.25, 0.3) is 0 Å². The standard InChI is InChI=1S/C20H19ClF4N2O3S/c21-15-3-10-19(27-31(28,29)20(23,24)25)14(12-15)11-13-1-6-17(7-2-13)26-30-18-8-4-16(22)5-9-18/h3-5,8-10,12-13,27H,1-2,6-7,11H2. The predicted molar refractivity (Wildman–Crippen MR) is 110 cm³/mol. The molecule has 5 nitrogen and oxygen atoms in total. The molecule has 11 heteroatoms. The van der Waals surface area contributed by atoms with E-state index in [4.69, 9.17) is 16.4 Å². The fourth-order valence-electron chi connectivity index (χ4n) is 3.26. The molecule has 0 saturated heterocycles. The normalized spacial score (nSPS) is 17.3. The van der Waals surface area contributed by atoms with E-state index in [1.807, 2.05) is 0 Å². The second kappa shape index (κ2) is 9.44. The molecule has 1 saturated carbocycles. The first-order valence-electron chi connectivity index (χ1n) is 9.39. The zero-order valence-corrected chi connectivity index (χ0v) is 17.7. The van der Waals surface area contributed by atoms with Gasteiger partial charge in [0, 0.05) is 5.02 Å². The third kappa shape index (κ3) is 6.33. The summed E-state index contributed by atoms with van der Waals surface area (Å²) in [5, 5.41) is 4.39. The van der Waals surface area contributed by atoms with E-state index in [-0.39, 0.29) is 17.4 Å². The van der Waals surface area contributed by atoms with Crippen molar-refractivity contribution in [3.8, 4) is 5.75 Å². The van der Waals surface area contributed by atoms with Gasteiger partial charge in [-0.1, -0.05) is 16.8 Å². The van der Waals surface area contributed by atoms with Crippen LogP contribution in [0.3, 0.4) is 0 Å². The van der Waals surface area contributed by atoms with Gasteiger partial charge in [0.05, 0.1) is 11.4 Å². The zero-order valence-electron chi connectivity index (χ0n) is 16.1. The van der Waals surface area contributed by atoms with Gasteiger partial charge in [-0.05, 0) is 86.1 Å². The second-order valence-electron chi connectivity index (χ2n) is 7.20. The van der Waals surface area contributed by atoms with Crippen LogP contribution in [0.1, 0.15) is 31.2 Å². The number of nitrogens with one attached hydrogen (secondary N) is 1. The van der Waals surface area contributed by atoms with Gasteiger partial charge in [0.1, 0.15) is 5.82 Å². The van der Waals surface area contributed by atoms with Gasteiger partial charge in [0.2, 0.25) is 0 Å². The van der Waals surface area contributed by atoms with Crippen molar-refractivity contribution in [2.24, 2.45) is 11.1 Å². The third-order valence-corrected chi connectivity index (χ3v) is 6.23. The average Bonchev–Trinajstić information content (AvgIpc) is 2.70. The molecule has 3 rings (SSSR count). The quantitative estimate of drug-likeness (QED) is 0.414. The monoisotopic (exact) mass is 478 g/mol. The summed E-state index contributed by atoms with van der Waals surface area (Å²) < 4.78 is 75.7. The number of sulfonamides is 1. The van der Waals surface area contributed by atoms with Crippen molar-refractivity contribution < 1.29 is 30.8 Å². The molecule has 31 heavy (non-hydrogen) atoms. The molecular formula is C20H19ClF4N2O3S. The number of hydrogen-bond donors (Lipinski definition) is 1. The molecule has 0 atom stereocenters. The Morgan fingerprint density at radius 2 is 1.74 bits per heavy atom. The van der Waals surface area contributed by atoms with Gasteiger partial charge in [-0.2, -0.15) is 21.6 Å². The largest absolute Gasteiger partial charge is 0.516 e. The number of halogens is 5. The average molecular weight is 479 g/mol. The van der Waals surface area contributed by atoms with E-state index in [0.717, 1.165) is 5.71 Å². The summed E-state index contributed by atoms with van der Waals surface area (Å²) in [5.74, 6) is 0.146. The fraction of sp³-hybridized carbons (Fsp3) is 0.350. The Labute approximate surface area is 182 Å². The van der Waals surface area contributed by atoms with E-state index < -0.39 is 15.5 Å². The first kappa shape index (κ1) is 23.3. The van der Waals surface area contributed by atoms with Crippen LogP contribution in [-0.2, 0) is 16.4 Å². The Hall–Kier alpha value is -2.33. The molecule has 0 aromatic heterocycles. The molecular weight excluding hydrogens is 460 g/mol. The Morgan fingerprint density at radius 3 is 2.35 bits per heavy atom. The lowest BCUT2D eigenvalue weighted by Gasteiger charge is -2.24. The van der Waals surface area contributed by atoms with Gasteiger partial charge >= 0.3 is 15.5 Å². The number of alkyl halides is 3. The van der Waals surface area contributed by atoms with Crippen molar-refractivity contribution in [2.45, 2.75) is 37.6 Å². The van der Waals surface area contributed by atoms with Crippen molar-refractivity contribution in [1.82, 2.24) is 0 Å². The van der Waals surface area contributed by atoms with E-state index in [9.17, 15) is 26.0 Å². The van der Waals surface area contributed by atoms with E-state index in [1.54, 1.807) is 4.72 Å². The van der Waals surface area contributed by atoms with Gasteiger partial charge in [-0.3, -0.25) is 4.72 Å². The topological polar surface area (TPSA) is 67.8 Å². The highest BCUT2D eigenvalue weighted by Crippen LogP contribution is 2.33. The van der Waals surface area contributed by atoms with Crippen LogP contribution in [0, 0.1) is 11.7 Å². The lowest BCUT2D eigenvalue weighted by molar-refractivity contribution is -0.0429. The van der Waals surface area contributed by atoms with Crippen LogP contribution in [0.4, 0.5) is 23.2 Å². The molecule has 0 radical (unpaired) electrons. The maximum absolute atomic E-state index is 12.9. The Kier molecular flexibility index (Phi) is 7.10. The lowest BCUT2D eigenvalue weighted by Crippen LogP contribution is -2.30. The van der Waals surface area contributed by atoms with Crippen LogP contribution < -0.4 is 9.56 Å². The molecule has 1 aliphatic rings. The summed E-state index contributed by atoms with van der Waals surface area (Å²) in [4.78, 5) is 5.30. The third-order valence-electron chi connectivity index (χ3n) is 4.90. The highest BCUT2D eigenvalue weighted by Gasteiger charge is 2.46. The van der Waals surface area contributed by atoms with Crippen LogP contribution in [-0.4, -0.2) is 19.6 Å². The first-order chi connectivity index (χ1) is 14.5. The summed E-state index contributed by atoms with van der Waals surface area (Å²) in [5.41, 5.74) is -4.33. The van der Waals surface area contributed by atoms with Crippen LogP contribution in [0.2, 0.25) is 5.02 Å². The maximum Gasteiger partial charge on any atom is 0.516 e. The Morgan fingerprint density at radius 1 is 1.10 bits per heavy atom. The molecule has 0 aliphatic heterocycles. The van der Waals surface area contributed by atoms with E-state index in [1.165, 1.54) is 42.5 Å². The molecule has 0 unspecified atom stereocenters. The number of anilines is 1. The smallest absolute Gasteiger partial charge is 0.357 e. The molecule has 1 aliphatic carbocycles. The molecule has 0 bridgehead atoms. The van der Waals surface area contributed by atoms with Crippen molar-refractivity contribution in [2.75, 3.05) is 4.72 Å². The molecule has 0 amide bonds. The number of oxime groups is 1. The van der Waals surface area contributed by atoms with Crippen LogP contribution >= 0.6 is 11.6 Å². The summed E-state index contributed by atoms with van der Waals surface area (Å²) >= 11 is 5.97. The van der Waals surface area contributed by atoms with Crippen molar-refractivity contribution in [3.63, 3.8) is 0 Å². The van der Waals surface area contributed by atoms with Gasteiger partial charge in [-0.15, -0.1) is 0 Å². The molecule has 0 spiro atoms. The van der Waals surface area contributed by atoms with Gasteiger partial charge in [-0.25, -0.2) is 4.39 Å². The minimum absolute atomic E-state index is 0.109. The van der Waals surface area contributed by atoms with Gasteiger partial charge < -0.3 is 4.84 Å². The first-order valence-corrected chi connectivity index (χ1v) is 11.3. The van der Waals surface area contributed by atoms with Crippen LogP contribution in [0.5, 0.6) is 5.75 Å². The molecule has 0 heterocycles. The summed E-state index contributed by atoms with van der Waals surface area (Å²) in [6.07, 6.45) is 3.00. The molecule has 168 valence electrons. The van der Waals surface area contributed by atoms with Crippen molar-refractivity contribution in [1.29, 1.82) is 0 Å². The number of nitrogens with zero attached hydrogens (tertiary/aromatic N) is 1. The molecule has 2 aromatic rings. The summed E-state index contributed by atoms with van der Waals surface area (Å²) in [6, 6.07) is 9.49. The van der Waals surface area contributed by atoms with Crippen molar-refractivity contribution in [3.05, 3.63) is 58.9 Å². The minimum Gasteiger partial charge on any atom is -0.357 e. The van der Waals surface area contributed by atoms with Crippen molar-refractivity contribution >= 4 is 33.0 Å². The minimum atomic E-state index is -5.52. The van der Waals surface area contributed by atoms with E-state index >= 15 is 0 Å². The summed E-state index contributed by atoms with van der Waals surface area (Å²) in [6.45, 7) is 0. The lowest BCUT2D eigenvalue weighted by atomic mass is 9.83. The number of benzene rings is 2. The van der Waals surface area contributed by atoms with Crippen LogP contribution in [0.15, 0.2) is 47.6 Å². The molecule has 2 aromatic carbocycles. The highest BCUT2D eigenvalue weighted by atomic mass is 35.5. The highest BCUT2D eigenvalue weighted by molar-refractivity contribution is 7.93. The molecule has 1 fully saturated rings. The zero-order chi connectivity index (χ0) is 22.6. The number of rotatable bonds is 6. The fourth-order valence-corrected chi connectivity index (χ4v) is 4.06. The SMILES string of the molecule is O=S(=O)(Nc1ccc(Cl)cc1CC1CCC(=NOc2ccc(F)cc2)CC1)C(F)(F)F. The van der Waals surface area contributed by atoms with E-state index in [0.29, 0.717) is 48.4 Å². The Bertz CT molecular complexity index is 1050. The second-order valence-corrected chi connectivity index (χ2v) is 9.31. The maximum atomic E-state index is 12.9. The Balaban J connectivity index is 1.63.